The Balaban J connectivity index is 0. The van der Waals surface area contributed by atoms with Crippen molar-refractivity contribution in [3.63, 3.8) is 0 Å². The Labute approximate surface area is 102 Å². The highest BCUT2D eigenvalue weighted by Crippen LogP contribution is 1.91. The van der Waals surface area contributed by atoms with Gasteiger partial charge in [-0.05, 0) is 27.7 Å². The van der Waals surface area contributed by atoms with Gasteiger partial charge in [0.25, 0.3) is 0 Å². The van der Waals surface area contributed by atoms with Crippen LogP contribution in [0.25, 0.3) is 0 Å². The van der Waals surface area contributed by atoms with Gasteiger partial charge in [-0.2, -0.15) is 0 Å². The molecule has 0 heterocycles. The van der Waals surface area contributed by atoms with Gasteiger partial charge in [0.15, 0.2) is 12.2 Å². The fourth-order valence-electron chi connectivity index (χ4n) is 0.805. The molecule has 0 aliphatic carbocycles. The predicted molar refractivity (Wildman–Crippen MR) is 61.8 cm³/mol. The van der Waals surface area contributed by atoms with Crippen LogP contribution in [0.5, 0.6) is 0 Å². The highest BCUT2D eigenvalue weighted by Gasteiger charge is 2.11. The second-order valence-electron chi connectivity index (χ2n) is 3.06. The summed E-state index contributed by atoms with van der Waals surface area (Å²) in [6.45, 7) is 7.75. The monoisotopic (exact) mass is 250 g/mol. The Morgan fingerprint density at radius 1 is 1.06 bits per heavy atom. The topological polar surface area (TPSA) is 82.1 Å². The van der Waals surface area contributed by atoms with E-state index in [1.54, 1.807) is 13.8 Å². The quantitative estimate of drug-likeness (QED) is 0.710. The number of carboxylic acids is 1. The molecule has 0 rings (SSSR count). The van der Waals surface area contributed by atoms with Crippen LogP contribution in [0.15, 0.2) is 0 Å². The summed E-state index contributed by atoms with van der Waals surface area (Å²) in [7, 11) is 1.35. The van der Waals surface area contributed by atoms with Crippen LogP contribution in [-0.4, -0.2) is 49.6 Å². The first-order valence-corrected chi connectivity index (χ1v) is 5.44. The molecule has 0 aromatic heterocycles. The van der Waals surface area contributed by atoms with E-state index in [-0.39, 0.29) is 5.97 Å². The Kier molecular flexibility index (Phi) is 12.2. The number of rotatable bonds is 6. The third kappa shape index (κ3) is 11.1. The van der Waals surface area contributed by atoms with Crippen LogP contribution >= 0.6 is 0 Å². The smallest absolute Gasteiger partial charge is 0.334 e. The molecule has 0 aromatic rings. The maximum absolute atomic E-state index is 10.6. The van der Waals surface area contributed by atoms with Crippen molar-refractivity contribution in [1.29, 1.82) is 0 Å². The number of ether oxygens (including phenoxy) is 3. The van der Waals surface area contributed by atoms with Gasteiger partial charge in [0.1, 0.15) is 0 Å². The molecule has 0 aliphatic rings. The minimum absolute atomic E-state index is 0.322. The number of esters is 1. The zero-order chi connectivity index (χ0) is 13.8. The van der Waals surface area contributed by atoms with E-state index in [1.165, 1.54) is 14.0 Å². The van der Waals surface area contributed by atoms with Gasteiger partial charge in [0, 0.05) is 13.2 Å². The molecule has 0 aromatic carbocycles. The highest BCUT2D eigenvalue weighted by molar-refractivity contribution is 5.73. The average Bonchev–Trinajstić information content (AvgIpc) is 2.29. The van der Waals surface area contributed by atoms with Crippen molar-refractivity contribution < 1.29 is 28.9 Å². The van der Waals surface area contributed by atoms with Gasteiger partial charge in [0.05, 0.1) is 7.11 Å². The summed E-state index contributed by atoms with van der Waals surface area (Å²) < 4.78 is 14.0. The Morgan fingerprint density at radius 3 is 1.71 bits per heavy atom. The van der Waals surface area contributed by atoms with Gasteiger partial charge < -0.3 is 19.3 Å². The van der Waals surface area contributed by atoms with Crippen molar-refractivity contribution in [2.45, 2.75) is 39.9 Å². The number of carboxylic acid groups (broad SMARTS) is 1. The van der Waals surface area contributed by atoms with E-state index < -0.39 is 18.2 Å². The van der Waals surface area contributed by atoms with Crippen molar-refractivity contribution >= 4 is 11.9 Å². The summed E-state index contributed by atoms with van der Waals surface area (Å²) in [5, 5.41) is 8.19. The molecule has 0 aliphatic heterocycles. The lowest BCUT2D eigenvalue weighted by Gasteiger charge is -2.07. The maximum Gasteiger partial charge on any atom is 0.334 e. The molecule has 2 unspecified atom stereocenters. The third-order valence-corrected chi connectivity index (χ3v) is 1.71. The Hall–Kier alpha value is -1.14. The van der Waals surface area contributed by atoms with Crippen molar-refractivity contribution in [2.24, 2.45) is 0 Å². The fourth-order valence-corrected chi connectivity index (χ4v) is 0.805. The number of aliphatic carboxylic acids is 1. The van der Waals surface area contributed by atoms with E-state index in [4.69, 9.17) is 14.6 Å². The molecule has 0 amide bonds. The fraction of sp³-hybridized carbons (Fsp3) is 0.818. The van der Waals surface area contributed by atoms with Crippen LogP contribution < -0.4 is 0 Å². The van der Waals surface area contributed by atoms with Crippen molar-refractivity contribution in [3.8, 4) is 0 Å². The summed E-state index contributed by atoms with van der Waals surface area (Å²) in [6.07, 6.45) is -1.10. The molecule has 0 spiro atoms. The van der Waals surface area contributed by atoms with Crippen LogP contribution in [0.4, 0.5) is 0 Å². The molecule has 17 heavy (non-hydrogen) atoms. The van der Waals surface area contributed by atoms with Crippen LogP contribution in [0.3, 0.4) is 0 Å². The summed E-state index contributed by atoms with van der Waals surface area (Å²) in [5.74, 6) is -1.23. The normalized spacial score (nSPS) is 13.0. The lowest BCUT2D eigenvalue weighted by Crippen LogP contribution is -2.21. The van der Waals surface area contributed by atoms with Crippen molar-refractivity contribution in [1.82, 2.24) is 0 Å². The summed E-state index contributed by atoms with van der Waals surface area (Å²) in [5.41, 5.74) is 0. The molecule has 2 atom stereocenters. The van der Waals surface area contributed by atoms with Crippen LogP contribution in [0.2, 0.25) is 0 Å². The number of hydrogen-bond acceptors (Lipinski definition) is 5. The summed E-state index contributed by atoms with van der Waals surface area (Å²) in [6, 6.07) is 0. The van der Waals surface area contributed by atoms with E-state index in [0.717, 1.165) is 0 Å². The lowest BCUT2D eigenvalue weighted by atomic mass is 10.4. The second kappa shape index (κ2) is 11.3. The minimum atomic E-state index is -0.910. The molecular weight excluding hydrogens is 228 g/mol. The number of carbonyl (C=O) groups is 2. The van der Waals surface area contributed by atoms with E-state index in [2.05, 4.69) is 4.74 Å². The number of methoxy groups -OCH3 is 1. The number of carbonyl (C=O) groups excluding carboxylic acids is 1. The Bertz CT molecular complexity index is 216. The molecule has 0 radical (unpaired) electrons. The first-order chi connectivity index (χ1) is 7.90. The molecule has 1 N–H and O–H groups in total. The first-order valence-electron chi connectivity index (χ1n) is 5.44. The zero-order valence-corrected chi connectivity index (χ0v) is 11.1. The van der Waals surface area contributed by atoms with E-state index in [9.17, 15) is 9.59 Å². The van der Waals surface area contributed by atoms with E-state index in [0.29, 0.717) is 13.2 Å². The largest absolute Gasteiger partial charge is 0.479 e. The Morgan fingerprint density at radius 2 is 1.47 bits per heavy atom. The summed E-state index contributed by atoms with van der Waals surface area (Å²) in [4.78, 5) is 20.5. The van der Waals surface area contributed by atoms with Gasteiger partial charge in [-0.1, -0.05) is 0 Å². The average molecular weight is 250 g/mol. The van der Waals surface area contributed by atoms with E-state index >= 15 is 0 Å². The van der Waals surface area contributed by atoms with Gasteiger partial charge in [-0.3, -0.25) is 0 Å². The minimum Gasteiger partial charge on any atom is -0.479 e. The first kappa shape index (κ1) is 18.2. The van der Waals surface area contributed by atoms with Crippen molar-refractivity contribution in [3.05, 3.63) is 0 Å². The lowest BCUT2D eigenvalue weighted by molar-refractivity contribution is -0.152. The predicted octanol–water partition coefficient (Wildman–Crippen LogP) is 1.08. The number of hydrogen-bond donors (Lipinski definition) is 1. The SMILES string of the molecule is CCOC(C)C(=O)O.CCOC(C)C(=O)OC. The maximum atomic E-state index is 10.6. The molecule has 0 bridgehead atoms. The van der Waals surface area contributed by atoms with Gasteiger partial charge in [0.2, 0.25) is 0 Å². The molecular formula is C11H22O6. The molecule has 0 saturated heterocycles. The third-order valence-electron chi connectivity index (χ3n) is 1.71. The molecule has 0 saturated carbocycles. The zero-order valence-electron chi connectivity index (χ0n) is 11.1. The van der Waals surface area contributed by atoms with Crippen LogP contribution in [0, 0.1) is 0 Å². The molecule has 6 heteroatoms. The van der Waals surface area contributed by atoms with Gasteiger partial charge in [-0.15, -0.1) is 0 Å². The molecule has 102 valence electrons. The molecule has 6 nitrogen and oxygen atoms in total. The molecule has 0 fully saturated rings. The standard InChI is InChI=1S/C6H12O3.C5H10O3/c1-4-9-5(2)6(7)8-3;1-3-8-4(2)5(6)7/h5H,4H2,1-3H3;4H,3H2,1-2H3,(H,6,7). The van der Waals surface area contributed by atoms with Crippen molar-refractivity contribution in [2.75, 3.05) is 20.3 Å². The van der Waals surface area contributed by atoms with E-state index in [1.807, 2.05) is 6.92 Å². The van der Waals surface area contributed by atoms with Gasteiger partial charge >= 0.3 is 11.9 Å². The highest BCUT2D eigenvalue weighted by atomic mass is 16.6. The van der Waals surface area contributed by atoms with Crippen LogP contribution in [-0.2, 0) is 23.8 Å². The second-order valence-corrected chi connectivity index (χ2v) is 3.06. The van der Waals surface area contributed by atoms with Gasteiger partial charge in [-0.25, -0.2) is 9.59 Å². The summed E-state index contributed by atoms with van der Waals surface area (Å²) >= 11 is 0. The van der Waals surface area contributed by atoms with Crippen LogP contribution in [0.1, 0.15) is 27.7 Å².